The number of anilines is 3. The van der Waals surface area contributed by atoms with Crippen LogP contribution >= 0.6 is 0 Å². The van der Waals surface area contributed by atoms with Gasteiger partial charge in [-0.25, -0.2) is 4.98 Å². The van der Waals surface area contributed by atoms with Crippen LogP contribution in [0.15, 0.2) is 60.7 Å². The van der Waals surface area contributed by atoms with Crippen LogP contribution < -0.4 is 10.6 Å². The summed E-state index contributed by atoms with van der Waals surface area (Å²) in [6, 6.07) is 18.4. The van der Waals surface area contributed by atoms with Crippen LogP contribution in [0.4, 0.5) is 17.5 Å². The van der Waals surface area contributed by atoms with Crippen LogP contribution in [0.1, 0.15) is 13.8 Å². The number of phenols is 1. The molecule has 27 heavy (non-hydrogen) atoms. The molecule has 0 radical (unpaired) electrons. The number of aromatic nitrogens is 2. The summed E-state index contributed by atoms with van der Waals surface area (Å²) in [6.07, 6.45) is 0. The Morgan fingerprint density at radius 1 is 0.963 bits per heavy atom. The van der Waals surface area contributed by atoms with Crippen molar-refractivity contribution in [2.45, 2.75) is 19.9 Å². The molecule has 0 aliphatic carbocycles. The fourth-order valence-corrected chi connectivity index (χ4v) is 2.65. The minimum absolute atomic E-state index is 0.00802. The van der Waals surface area contributed by atoms with Crippen molar-refractivity contribution in [3.63, 3.8) is 0 Å². The third-order valence-electron chi connectivity index (χ3n) is 4.23. The van der Waals surface area contributed by atoms with Gasteiger partial charge in [-0.1, -0.05) is 50.2 Å². The summed E-state index contributed by atoms with van der Waals surface area (Å²) in [5.74, 6) is 1.43. The number of aliphatic hydroxyl groups excluding tert-OH is 1. The van der Waals surface area contributed by atoms with Crippen molar-refractivity contribution < 1.29 is 10.2 Å². The van der Waals surface area contributed by atoms with Crippen molar-refractivity contribution >= 4 is 17.5 Å². The van der Waals surface area contributed by atoms with Gasteiger partial charge in [0.1, 0.15) is 11.6 Å². The van der Waals surface area contributed by atoms with Gasteiger partial charge in [-0.15, -0.1) is 0 Å². The van der Waals surface area contributed by atoms with Crippen LogP contribution in [0, 0.1) is 5.92 Å². The molecule has 4 N–H and O–H groups in total. The minimum atomic E-state index is -0.148. The van der Waals surface area contributed by atoms with Crippen LogP contribution in [-0.4, -0.2) is 32.8 Å². The van der Waals surface area contributed by atoms with E-state index in [1.165, 1.54) is 0 Å². The van der Waals surface area contributed by atoms with Crippen LogP contribution in [-0.2, 0) is 0 Å². The highest BCUT2D eigenvalue weighted by atomic mass is 16.3. The number of benzene rings is 2. The highest BCUT2D eigenvalue weighted by Crippen LogP contribution is 2.25. The number of aromatic hydroxyl groups is 1. The van der Waals surface area contributed by atoms with Gasteiger partial charge >= 0.3 is 0 Å². The second-order valence-electron chi connectivity index (χ2n) is 6.68. The first kappa shape index (κ1) is 18.7. The molecule has 6 nitrogen and oxygen atoms in total. The normalized spacial score (nSPS) is 12.0. The van der Waals surface area contributed by atoms with Gasteiger partial charge in [-0.3, -0.25) is 0 Å². The van der Waals surface area contributed by atoms with E-state index < -0.39 is 0 Å². The van der Waals surface area contributed by atoms with Crippen molar-refractivity contribution in [1.82, 2.24) is 9.97 Å². The molecule has 0 fully saturated rings. The van der Waals surface area contributed by atoms with E-state index in [1.54, 1.807) is 18.2 Å². The van der Waals surface area contributed by atoms with E-state index in [0.717, 1.165) is 16.9 Å². The predicted molar refractivity (Wildman–Crippen MR) is 108 cm³/mol. The highest BCUT2D eigenvalue weighted by Gasteiger charge is 2.15. The summed E-state index contributed by atoms with van der Waals surface area (Å²) >= 11 is 0. The van der Waals surface area contributed by atoms with Crippen molar-refractivity contribution in [1.29, 1.82) is 0 Å². The number of hydrogen-bond acceptors (Lipinski definition) is 6. The van der Waals surface area contributed by atoms with E-state index in [1.807, 2.05) is 56.3 Å². The molecule has 0 aliphatic heterocycles. The highest BCUT2D eigenvalue weighted by molar-refractivity contribution is 5.67. The Hall–Kier alpha value is -3.12. The molecule has 3 rings (SSSR count). The molecule has 1 atom stereocenters. The van der Waals surface area contributed by atoms with E-state index >= 15 is 0 Å². The molecule has 0 saturated carbocycles. The lowest BCUT2D eigenvalue weighted by atomic mass is 10.1. The van der Waals surface area contributed by atoms with Crippen LogP contribution in [0.5, 0.6) is 5.75 Å². The summed E-state index contributed by atoms with van der Waals surface area (Å²) in [4.78, 5) is 9.14. The maximum atomic E-state index is 9.68. The average Bonchev–Trinajstić information content (AvgIpc) is 2.66. The summed E-state index contributed by atoms with van der Waals surface area (Å²) in [7, 11) is 0. The molecule has 0 saturated heterocycles. The lowest BCUT2D eigenvalue weighted by Crippen LogP contribution is -2.30. The Labute approximate surface area is 158 Å². The van der Waals surface area contributed by atoms with E-state index in [9.17, 15) is 10.2 Å². The fraction of sp³-hybridized carbons (Fsp3) is 0.238. The zero-order valence-electron chi connectivity index (χ0n) is 15.4. The van der Waals surface area contributed by atoms with Crippen molar-refractivity contribution in [3.05, 3.63) is 60.7 Å². The SMILES string of the molecule is CC(C)[C@H](CO)Nc1nc(Nc2cccc(O)c2)cc(-c2ccccc2)n1. The summed E-state index contributed by atoms with van der Waals surface area (Å²) in [5, 5.41) is 25.7. The molecule has 0 bridgehead atoms. The van der Waals surface area contributed by atoms with Crippen molar-refractivity contribution in [3.8, 4) is 17.0 Å². The van der Waals surface area contributed by atoms with Gasteiger partial charge in [0.2, 0.25) is 5.95 Å². The molecular weight excluding hydrogens is 340 g/mol. The molecule has 140 valence electrons. The number of nitrogens with one attached hydrogen (secondary N) is 2. The smallest absolute Gasteiger partial charge is 0.225 e. The number of hydrogen-bond donors (Lipinski definition) is 4. The molecule has 2 aromatic carbocycles. The molecule has 0 unspecified atom stereocenters. The Balaban J connectivity index is 1.97. The molecule has 0 amide bonds. The fourth-order valence-electron chi connectivity index (χ4n) is 2.65. The van der Waals surface area contributed by atoms with Crippen molar-refractivity contribution in [2.75, 3.05) is 17.2 Å². The summed E-state index contributed by atoms with van der Waals surface area (Å²) in [5.41, 5.74) is 2.45. The molecule has 3 aromatic rings. The quantitative estimate of drug-likeness (QED) is 0.506. The maximum absolute atomic E-state index is 9.68. The third kappa shape index (κ3) is 4.95. The second-order valence-corrected chi connectivity index (χ2v) is 6.68. The molecule has 0 spiro atoms. The summed E-state index contributed by atoms with van der Waals surface area (Å²) < 4.78 is 0. The Morgan fingerprint density at radius 2 is 1.74 bits per heavy atom. The monoisotopic (exact) mass is 364 g/mol. The van der Waals surface area contributed by atoms with Gasteiger partial charge in [0.15, 0.2) is 0 Å². The van der Waals surface area contributed by atoms with E-state index in [-0.39, 0.29) is 24.3 Å². The first-order valence-corrected chi connectivity index (χ1v) is 8.93. The molecule has 1 heterocycles. The first-order chi connectivity index (χ1) is 13.0. The second kappa shape index (κ2) is 8.51. The molecule has 1 aromatic heterocycles. The summed E-state index contributed by atoms with van der Waals surface area (Å²) in [6.45, 7) is 4.05. The van der Waals surface area contributed by atoms with Crippen LogP contribution in [0.2, 0.25) is 0 Å². The lowest BCUT2D eigenvalue weighted by Gasteiger charge is -2.20. The Kier molecular flexibility index (Phi) is 5.88. The van der Waals surface area contributed by atoms with Gasteiger partial charge in [0.25, 0.3) is 0 Å². The lowest BCUT2D eigenvalue weighted by molar-refractivity contribution is 0.248. The number of nitrogens with zero attached hydrogens (tertiary/aromatic N) is 2. The maximum Gasteiger partial charge on any atom is 0.225 e. The van der Waals surface area contributed by atoms with Crippen LogP contribution in [0.3, 0.4) is 0 Å². The van der Waals surface area contributed by atoms with E-state index in [0.29, 0.717) is 11.8 Å². The van der Waals surface area contributed by atoms with E-state index in [2.05, 4.69) is 20.6 Å². The topological polar surface area (TPSA) is 90.3 Å². The molecule has 0 aliphatic rings. The standard InChI is InChI=1S/C21H24N4O2/c1-14(2)19(13-26)24-21-23-18(15-7-4-3-5-8-15)12-20(25-21)22-16-9-6-10-17(27)11-16/h3-12,14,19,26-27H,13H2,1-2H3,(H2,22,23,24,25)/t19-/m0/s1. The Morgan fingerprint density at radius 3 is 2.41 bits per heavy atom. The Bertz CT molecular complexity index is 884. The number of rotatable bonds is 7. The molecular formula is C21H24N4O2. The van der Waals surface area contributed by atoms with Gasteiger partial charge in [0.05, 0.1) is 18.3 Å². The number of phenolic OH excluding ortho intramolecular Hbond substituents is 1. The zero-order chi connectivity index (χ0) is 19.2. The van der Waals surface area contributed by atoms with Gasteiger partial charge in [-0.2, -0.15) is 4.98 Å². The minimum Gasteiger partial charge on any atom is -0.508 e. The first-order valence-electron chi connectivity index (χ1n) is 8.93. The molecule has 6 heteroatoms. The number of aliphatic hydroxyl groups is 1. The van der Waals surface area contributed by atoms with Gasteiger partial charge < -0.3 is 20.8 Å². The average molecular weight is 364 g/mol. The van der Waals surface area contributed by atoms with Gasteiger partial charge in [0, 0.05) is 23.4 Å². The predicted octanol–water partition coefficient (Wildman–Crippen LogP) is 4.02. The van der Waals surface area contributed by atoms with Crippen molar-refractivity contribution in [2.24, 2.45) is 5.92 Å². The van der Waals surface area contributed by atoms with Crippen LogP contribution in [0.25, 0.3) is 11.3 Å². The third-order valence-corrected chi connectivity index (χ3v) is 4.23. The van der Waals surface area contributed by atoms with E-state index in [4.69, 9.17) is 0 Å². The largest absolute Gasteiger partial charge is 0.508 e. The van der Waals surface area contributed by atoms with Gasteiger partial charge in [-0.05, 0) is 18.1 Å². The zero-order valence-corrected chi connectivity index (χ0v) is 15.4.